The number of rotatable bonds is 2. The van der Waals surface area contributed by atoms with Crippen molar-refractivity contribution < 1.29 is 0 Å². The van der Waals surface area contributed by atoms with Crippen molar-refractivity contribution >= 4 is 5.57 Å². The van der Waals surface area contributed by atoms with E-state index in [1.54, 1.807) is 0 Å². The largest absolute Gasteiger partial charge is 0.0811 e. The zero-order valence-electron chi connectivity index (χ0n) is 12.1. The van der Waals surface area contributed by atoms with Crippen molar-refractivity contribution in [3.63, 3.8) is 0 Å². The minimum absolute atomic E-state index is 0.575. The van der Waals surface area contributed by atoms with Gasteiger partial charge in [-0.3, -0.25) is 0 Å². The van der Waals surface area contributed by atoms with Crippen LogP contribution in [0, 0.1) is 11.8 Å². The Balaban J connectivity index is 2.00. The maximum atomic E-state index is 2.31. The number of benzene rings is 2. The van der Waals surface area contributed by atoms with Crippen LogP contribution in [0.1, 0.15) is 19.4 Å². The Morgan fingerprint density at radius 1 is 0.750 bits per heavy atom. The van der Waals surface area contributed by atoms with Gasteiger partial charge < -0.3 is 0 Å². The van der Waals surface area contributed by atoms with Gasteiger partial charge in [0.15, 0.2) is 0 Å². The van der Waals surface area contributed by atoms with Crippen LogP contribution in [0.25, 0.3) is 16.7 Å². The van der Waals surface area contributed by atoms with E-state index >= 15 is 0 Å². The molecule has 0 fully saturated rings. The summed E-state index contributed by atoms with van der Waals surface area (Å²) in [6.45, 7) is 4.60. The standard InChI is InChI=1S/C20H20/c1-15-8-6-13-20(16(15)2)19-12-7-11-18(14-19)17-9-4-3-5-10-17/h3-16H,1-2H3. The van der Waals surface area contributed by atoms with Crippen LogP contribution >= 0.6 is 0 Å². The van der Waals surface area contributed by atoms with Gasteiger partial charge >= 0.3 is 0 Å². The number of allylic oxidation sites excluding steroid dienone is 4. The van der Waals surface area contributed by atoms with Crippen LogP contribution in [0.4, 0.5) is 0 Å². The molecule has 2 aromatic rings. The highest BCUT2D eigenvalue weighted by molar-refractivity contribution is 5.75. The molecule has 2 atom stereocenters. The molecule has 0 nitrogen and oxygen atoms in total. The van der Waals surface area contributed by atoms with Crippen LogP contribution < -0.4 is 0 Å². The molecule has 0 aromatic heterocycles. The average Bonchev–Trinajstić information content (AvgIpc) is 2.51. The summed E-state index contributed by atoms with van der Waals surface area (Å²) in [5.41, 5.74) is 5.35. The quantitative estimate of drug-likeness (QED) is 0.661. The fraction of sp³-hybridized carbons (Fsp3) is 0.200. The molecule has 0 saturated heterocycles. The molecular formula is C20H20. The molecule has 0 saturated carbocycles. The third-order valence-corrected chi connectivity index (χ3v) is 4.27. The van der Waals surface area contributed by atoms with E-state index in [-0.39, 0.29) is 0 Å². The fourth-order valence-electron chi connectivity index (χ4n) is 2.80. The first kappa shape index (κ1) is 12.9. The molecule has 2 unspecified atom stereocenters. The SMILES string of the molecule is CC1C=CC=C(c2cccc(-c3ccccc3)c2)C1C. The van der Waals surface area contributed by atoms with Crippen LogP contribution in [-0.4, -0.2) is 0 Å². The Morgan fingerprint density at radius 3 is 2.25 bits per heavy atom. The van der Waals surface area contributed by atoms with Gasteiger partial charge in [0.1, 0.15) is 0 Å². The van der Waals surface area contributed by atoms with Gasteiger partial charge in [0.05, 0.1) is 0 Å². The lowest BCUT2D eigenvalue weighted by Gasteiger charge is -2.24. The Hall–Kier alpha value is -2.08. The molecule has 0 bridgehead atoms. The van der Waals surface area contributed by atoms with Crippen molar-refractivity contribution in [3.05, 3.63) is 78.4 Å². The molecule has 100 valence electrons. The van der Waals surface area contributed by atoms with Gasteiger partial charge in [-0.25, -0.2) is 0 Å². The first-order valence-electron chi connectivity index (χ1n) is 7.30. The van der Waals surface area contributed by atoms with E-state index in [0.717, 1.165) is 0 Å². The highest BCUT2D eigenvalue weighted by Crippen LogP contribution is 2.34. The van der Waals surface area contributed by atoms with Crippen LogP contribution in [0.5, 0.6) is 0 Å². The highest BCUT2D eigenvalue weighted by atomic mass is 14.2. The van der Waals surface area contributed by atoms with Crippen LogP contribution in [0.2, 0.25) is 0 Å². The van der Waals surface area contributed by atoms with E-state index < -0.39 is 0 Å². The summed E-state index contributed by atoms with van der Waals surface area (Å²) in [6.07, 6.45) is 6.74. The molecule has 0 radical (unpaired) electrons. The van der Waals surface area contributed by atoms with Gasteiger partial charge in [-0.15, -0.1) is 0 Å². The maximum absolute atomic E-state index is 2.31. The van der Waals surface area contributed by atoms with E-state index in [1.807, 2.05) is 0 Å². The third-order valence-electron chi connectivity index (χ3n) is 4.27. The van der Waals surface area contributed by atoms with Gasteiger partial charge in [0.2, 0.25) is 0 Å². The smallest absolute Gasteiger partial charge is 0.0124 e. The monoisotopic (exact) mass is 260 g/mol. The van der Waals surface area contributed by atoms with Gasteiger partial charge in [-0.2, -0.15) is 0 Å². The van der Waals surface area contributed by atoms with Gasteiger partial charge in [0, 0.05) is 0 Å². The molecule has 0 aliphatic heterocycles. The molecule has 3 rings (SSSR count). The fourth-order valence-corrected chi connectivity index (χ4v) is 2.80. The zero-order chi connectivity index (χ0) is 13.9. The lowest BCUT2D eigenvalue weighted by Crippen LogP contribution is -2.10. The summed E-state index contributed by atoms with van der Waals surface area (Å²) < 4.78 is 0. The summed E-state index contributed by atoms with van der Waals surface area (Å²) in [5.74, 6) is 1.18. The van der Waals surface area contributed by atoms with Crippen molar-refractivity contribution in [1.82, 2.24) is 0 Å². The first-order valence-corrected chi connectivity index (χ1v) is 7.30. The second-order valence-electron chi connectivity index (χ2n) is 5.60. The van der Waals surface area contributed by atoms with E-state index in [4.69, 9.17) is 0 Å². The molecule has 0 spiro atoms. The molecule has 2 aromatic carbocycles. The Morgan fingerprint density at radius 2 is 1.45 bits per heavy atom. The predicted octanol–water partition coefficient (Wildman–Crippen LogP) is 5.58. The molecular weight excluding hydrogens is 240 g/mol. The summed E-state index contributed by atoms with van der Waals surface area (Å²) >= 11 is 0. The Kier molecular flexibility index (Phi) is 3.56. The minimum Gasteiger partial charge on any atom is -0.0811 e. The molecule has 0 amide bonds. The van der Waals surface area contributed by atoms with E-state index in [2.05, 4.69) is 86.7 Å². The molecule has 1 aliphatic rings. The first-order chi connectivity index (χ1) is 9.75. The van der Waals surface area contributed by atoms with E-state index in [0.29, 0.717) is 11.8 Å². The molecule has 20 heavy (non-hydrogen) atoms. The third kappa shape index (κ3) is 2.46. The maximum Gasteiger partial charge on any atom is -0.0124 e. The van der Waals surface area contributed by atoms with Crippen molar-refractivity contribution in [1.29, 1.82) is 0 Å². The highest BCUT2D eigenvalue weighted by Gasteiger charge is 2.18. The van der Waals surface area contributed by atoms with Crippen molar-refractivity contribution in [2.24, 2.45) is 11.8 Å². The van der Waals surface area contributed by atoms with Crippen LogP contribution in [0.15, 0.2) is 72.8 Å². The molecule has 0 N–H and O–H groups in total. The van der Waals surface area contributed by atoms with Gasteiger partial charge in [-0.1, -0.05) is 80.6 Å². The summed E-state index contributed by atoms with van der Waals surface area (Å²) in [4.78, 5) is 0. The van der Waals surface area contributed by atoms with Gasteiger partial charge in [0.25, 0.3) is 0 Å². The number of hydrogen-bond donors (Lipinski definition) is 0. The summed E-state index contributed by atoms with van der Waals surface area (Å²) in [6, 6.07) is 19.5. The summed E-state index contributed by atoms with van der Waals surface area (Å²) in [7, 11) is 0. The van der Waals surface area contributed by atoms with Crippen LogP contribution in [0.3, 0.4) is 0 Å². The Labute approximate surface area is 121 Å². The summed E-state index contributed by atoms with van der Waals surface area (Å²) in [5, 5.41) is 0. The van der Waals surface area contributed by atoms with Crippen molar-refractivity contribution in [3.8, 4) is 11.1 Å². The van der Waals surface area contributed by atoms with E-state index in [9.17, 15) is 0 Å². The predicted molar refractivity (Wildman–Crippen MR) is 87.3 cm³/mol. The second kappa shape index (κ2) is 5.50. The van der Waals surface area contributed by atoms with Gasteiger partial charge in [-0.05, 0) is 40.2 Å². The lowest BCUT2D eigenvalue weighted by molar-refractivity contribution is 0.568. The molecule has 0 heteroatoms. The average molecular weight is 260 g/mol. The topological polar surface area (TPSA) is 0 Å². The Bertz CT molecular complexity index is 647. The van der Waals surface area contributed by atoms with Crippen LogP contribution in [-0.2, 0) is 0 Å². The normalized spacial score (nSPS) is 21.6. The zero-order valence-corrected chi connectivity index (χ0v) is 12.1. The molecule has 1 aliphatic carbocycles. The van der Waals surface area contributed by atoms with Crippen molar-refractivity contribution in [2.45, 2.75) is 13.8 Å². The van der Waals surface area contributed by atoms with E-state index in [1.165, 1.54) is 22.3 Å². The lowest BCUT2D eigenvalue weighted by atomic mass is 9.81. The number of hydrogen-bond acceptors (Lipinski definition) is 0. The molecule has 0 heterocycles. The second-order valence-corrected chi connectivity index (χ2v) is 5.60. The van der Waals surface area contributed by atoms with Crippen molar-refractivity contribution in [2.75, 3.05) is 0 Å². The minimum atomic E-state index is 0.575.